The van der Waals surface area contributed by atoms with Crippen molar-refractivity contribution >= 4 is 79.5 Å². The molecule has 23 heteroatoms. The molecule has 0 aliphatic carbocycles. The van der Waals surface area contributed by atoms with Crippen LogP contribution in [0.3, 0.4) is 0 Å². The first-order valence-corrected chi connectivity index (χ1v) is 24.1. The molecule has 5 aromatic rings. The first-order valence-electron chi connectivity index (χ1n) is 21.7. The quantitative estimate of drug-likeness (QED) is 0.0792. The van der Waals surface area contributed by atoms with E-state index in [1.807, 2.05) is 37.3 Å². The number of nitrogens with one attached hydrogen (secondary N) is 3. The predicted octanol–water partition coefficient (Wildman–Crippen LogP) is 3.55. The first kappa shape index (κ1) is 46.9. The van der Waals surface area contributed by atoms with Gasteiger partial charge in [-0.1, -0.05) is 29.3 Å². The molecule has 7 heterocycles. The van der Waals surface area contributed by atoms with Crippen molar-refractivity contribution < 1.29 is 51.3 Å². The number of fused-ring (bicyclic) bond motifs is 2. The number of halogens is 2. The molecule has 68 heavy (non-hydrogen) atoms. The molecular formula is C45H45Cl2N9O11S. The van der Waals surface area contributed by atoms with Crippen LogP contribution in [0.1, 0.15) is 52.1 Å². The van der Waals surface area contributed by atoms with Gasteiger partial charge >= 0.3 is 0 Å². The van der Waals surface area contributed by atoms with E-state index in [2.05, 4.69) is 30.7 Å². The lowest BCUT2D eigenvalue weighted by Crippen LogP contribution is -2.73. The summed E-state index contributed by atoms with van der Waals surface area (Å²) in [6, 6.07) is 12.8. The minimum absolute atomic E-state index is 0.00231. The Morgan fingerprint density at radius 3 is 2.44 bits per heavy atom. The number of anilines is 1. The summed E-state index contributed by atoms with van der Waals surface area (Å²) in [5.74, 6) is -1.88. The Hall–Kier alpha value is -6.23. The van der Waals surface area contributed by atoms with Crippen molar-refractivity contribution in [2.45, 2.75) is 31.9 Å². The third kappa shape index (κ3) is 9.58. The van der Waals surface area contributed by atoms with E-state index >= 15 is 0 Å². The van der Waals surface area contributed by atoms with Crippen molar-refractivity contribution in [1.29, 1.82) is 0 Å². The topological polar surface area (TPSA) is 245 Å². The second kappa shape index (κ2) is 19.4. The lowest BCUT2D eigenvalue weighted by atomic mass is 9.74. The summed E-state index contributed by atoms with van der Waals surface area (Å²) in [6.45, 7) is 4.27. The Morgan fingerprint density at radius 1 is 0.941 bits per heavy atom. The molecule has 0 radical (unpaired) electrons. The minimum Gasteiger partial charge on any atom is -0.486 e. The van der Waals surface area contributed by atoms with Gasteiger partial charge in [-0.25, -0.2) is 17.7 Å². The normalized spacial score (nSPS) is 18.3. The molecule has 1 unspecified atom stereocenters. The molecule has 5 amide bonds. The van der Waals surface area contributed by atoms with Gasteiger partial charge in [-0.3, -0.25) is 44.3 Å². The maximum atomic E-state index is 13.2. The van der Waals surface area contributed by atoms with E-state index in [9.17, 15) is 32.4 Å². The summed E-state index contributed by atoms with van der Waals surface area (Å²) in [5.41, 5.74) is 2.88. The highest BCUT2D eigenvalue weighted by Crippen LogP contribution is 2.43. The highest BCUT2D eigenvalue weighted by Gasteiger charge is 2.55. The number of pyridine rings is 2. The van der Waals surface area contributed by atoms with Crippen LogP contribution in [-0.2, 0) is 33.9 Å². The highest BCUT2D eigenvalue weighted by molar-refractivity contribution is 7.89. The Bertz CT molecular complexity index is 2890. The van der Waals surface area contributed by atoms with Crippen molar-refractivity contribution in [1.82, 2.24) is 40.0 Å². The van der Waals surface area contributed by atoms with E-state index in [1.54, 1.807) is 6.20 Å². The van der Waals surface area contributed by atoms with Gasteiger partial charge < -0.3 is 29.2 Å². The van der Waals surface area contributed by atoms with E-state index in [1.165, 1.54) is 34.9 Å². The van der Waals surface area contributed by atoms with Crippen molar-refractivity contribution in [2.75, 3.05) is 76.4 Å². The average molecular weight is 991 g/mol. The number of aromatic amines is 1. The van der Waals surface area contributed by atoms with E-state index < -0.39 is 58.3 Å². The SMILES string of the molecule is C[C@@H](Oc1ccc2[nH]nc(-c3ccc(N4CC5(C4)CN(S(=O)(=O)CCOCCOCCNC(=O)COc4cccc6c4C(=O)N(C4CCC(=O)NC4=O)C6=O)C5)nc3)c2c1)c1c(Cl)cncc1Cl. The summed E-state index contributed by atoms with van der Waals surface area (Å²) < 4.78 is 50.3. The van der Waals surface area contributed by atoms with Crippen LogP contribution < -0.4 is 25.0 Å². The second-order valence-electron chi connectivity index (χ2n) is 16.9. The summed E-state index contributed by atoms with van der Waals surface area (Å²) in [6.07, 6.45) is 4.41. The molecule has 3 aromatic heterocycles. The molecule has 9 rings (SSSR count). The van der Waals surface area contributed by atoms with Crippen molar-refractivity contribution in [3.63, 3.8) is 0 Å². The molecule has 0 saturated carbocycles. The zero-order valence-electron chi connectivity index (χ0n) is 36.5. The standard InChI is InChI=1S/C45H45Cl2N9O11S/c1-26(39-31(46)19-48-20-32(39)47)67-28-6-7-33-30(17-28)41(53-52-33)27-5-9-36(50-18-27)54-22-45(23-54)24-55(25-45)68(62,63)16-15-65-14-13-64-12-11-49-38(58)21-66-35-4-2-3-29-40(35)44(61)56(43(29)60)34-8-10-37(57)51-42(34)59/h2-7,9,17-20,26,34H,8,10-16,21-25H2,1H3,(H,49,58)(H,52,53)(H,51,57,59)/t26-,34?/m1/s1. The van der Waals surface area contributed by atoms with Gasteiger partial charge in [0.05, 0.1) is 58.9 Å². The van der Waals surface area contributed by atoms with Gasteiger partial charge in [0.15, 0.2) is 6.61 Å². The number of rotatable bonds is 19. The summed E-state index contributed by atoms with van der Waals surface area (Å²) in [4.78, 5) is 74.3. The Morgan fingerprint density at radius 2 is 1.71 bits per heavy atom. The number of H-pyrrole nitrogens is 1. The van der Waals surface area contributed by atoms with Gasteiger partial charge in [0.1, 0.15) is 35.2 Å². The lowest BCUT2D eigenvalue weighted by Gasteiger charge is -2.59. The Kier molecular flexibility index (Phi) is 13.4. The molecule has 2 aromatic carbocycles. The molecule has 3 fully saturated rings. The van der Waals surface area contributed by atoms with Crippen LogP contribution in [0.15, 0.2) is 67.1 Å². The Balaban J connectivity index is 0.646. The monoisotopic (exact) mass is 989 g/mol. The zero-order chi connectivity index (χ0) is 47.7. The molecule has 4 aliphatic heterocycles. The zero-order valence-corrected chi connectivity index (χ0v) is 38.9. The average Bonchev–Trinajstić information content (AvgIpc) is 3.81. The molecule has 356 valence electrons. The van der Waals surface area contributed by atoms with Crippen molar-refractivity contribution in [2.24, 2.45) is 5.41 Å². The van der Waals surface area contributed by atoms with Crippen molar-refractivity contribution in [3.05, 3.63) is 93.9 Å². The number of ether oxygens (including phenoxy) is 4. The van der Waals surface area contributed by atoms with Gasteiger partial charge in [0.25, 0.3) is 17.7 Å². The molecule has 1 spiro atoms. The molecule has 2 atom stereocenters. The number of piperidine rings is 1. The molecule has 3 saturated heterocycles. The maximum Gasteiger partial charge on any atom is 0.266 e. The van der Waals surface area contributed by atoms with Crippen LogP contribution in [-0.4, -0.2) is 145 Å². The fraction of sp³-hybridized carbons (Fsp3) is 0.378. The van der Waals surface area contributed by atoms with Gasteiger partial charge in [-0.15, -0.1) is 0 Å². The van der Waals surface area contributed by atoms with Gasteiger partial charge in [-0.2, -0.15) is 5.10 Å². The fourth-order valence-electron chi connectivity index (χ4n) is 8.77. The van der Waals surface area contributed by atoms with Crippen LogP contribution in [0.25, 0.3) is 22.2 Å². The van der Waals surface area contributed by atoms with Crippen LogP contribution in [0.2, 0.25) is 10.0 Å². The van der Waals surface area contributed by atoms with Crippen LogP contribution in [0.4, 0.5) is 5.82 Å². The number of sulfonamides is 1. The molecule has 20 nitrogen and oxygen atoms in total. The summed E-state index contributed by atoms with van der Waals surface area (Å²) >= 11 is 12.7. The second-order valence-corrected chi connectivity index (χ2v) is 19.8. The molecule has 4 aliphatic rings. The molecule has 3 N–H and O–H groups in total. The number of hydrogen-bond donors (Lipinski definition) is 3. The number of amides is 5. The van der Waals surface area contributed by atoms with Gasteiger partial charge in [-0.05, 0) is 55.8 Å². The number of aromatic nitrogens is 4. The number of imide groups is 2. The molecular weight excluding hydrogens is 946 g/mol. The van der Waals surface area contributed by atoms with Crippen molar-refractivity contribution in [3.8, 4) is 22.8 Å². The maximum absolute atomic E-state index is 13.2. The smallest absolute Gasteiger partial charge is 0.266 e. The van der Waals surface area contributed by atoms with E-state index in [4.69, 9.17) is 47.1 Å². The molecule has 0 bridgehead atoms. The van der Waals surface area contributed by atoms with E-state index in [0.29, 0.717) is 47.5 Å². The number of benzene rings is 2. The first-order chi connectivity index (χ1) is 32.7. The third-order valence-electron chi connectivity index (χ3n) is 12.2. The van der Waals surface area contributed by atoms with Crippen LogP contribution in [0, 0.1) is 5.41 Å². The fourth-order valence-corrected chi connectivity index (χ4v) is 11.0. The Labute approximate surface area is 399 Å². The van der Waals surface area contributed by atoms with Crippen LogP contribution >= 0.6 is 23.2 Å². The van der Waals surface area contributed by atoms with Gasteiger partial charge in [0.2, 0.25) is 21.8 Å². The number of nitrogens with zero attached hydrogens (tertiary/aromatic N) is 6. The number of hydrogen-bond acceptors (Lipinski definition) is 15. The van der Waals surface area contributed by atoms with Crippen LogP contribution in [0.5, 0.6) is 11.5 Å². The third-order valence-corrected chi connectivity index (χ3v) is 14.5. The van der Waals surface area contributed by atoms with E-state index in [-0.39, 0.29) is 73.9 Å². The summed E-state index contributed by atoms with van der Waals surface area (Å²) in [7, 11) is -3.51. The lowest BCUT2D eigenvalue weighted by molar-refractivity contribution is -0.136. The number of carbonyl (C=O) groups is 5. The summed E-state index contributed by atoms with van der Waals surface area (Å²) in [5, 5.41) is 14.1. The number of carbonyl (C=O) groups excluding carboxylic acids is 5. The minimum atomic E-state index is -3.51. The largest absolute Gasteiger partial charge is 0.486 e. The predicted molar refractivity (Wildman–Crippen MR) is 246 cm³/mol. The highest BCUT2D eigenvalue weighted by atomic mass is 35.5. The van der Waals surface area contributed by atoms with E-state index in [0.717, 1.165) is 32.9 Å². The van der Waals surface area contributed by atoms with Gasteiger partial charge in [0, 0.05) is 79.7 Å².